The summed E-state index contributed by atoms with van der Waals surface area (Å²) in [7, 11) is 1.94. The van der Waals surface area contributed by atoms with Crippen molar-refractivity contribution in [1.82, 2.24) is 5.01 Å². The molecule has 0 aliphatic heterocycles. The Morgan fingerprint density at radius 3 is 2.52 bits per heavy atom. The van der Waals surface area contributed by atoms with Crippen LogP contribution in [0.25, 0.3) is 0 Å². The maximum Gasteiger partial charge on any atom is 0.141 e. The second-order valence-electron chi connectivity index (χ2n) is 7.58. The van der Waals surface area contributed by atoms with Crippen LogP contribution in [0.1, 0.15) is 48.0 Å². The summed E-state index contributed by atoms with van der Waals surface area (Å²) in [6, 6.07) is 5.01. The van der Waals surface area contributed by atoms with Crippen molar-refractivity contribution in [2.45, 2.75) is 60.0 Å². The van der Waals surface area contributed by atoms with Gasteiger partial charge in [-0.15, -0.1) is 0 Å². The molecular formula is C21H34ClFN4. The van der Waals surface area contributed by atoms with Crippen molar-refractivity contribution in [3.63, 3.8) is 0 Å². The predicted molar refractivity (Wildman–Crippen MR) is 114 cm³/mol. The lowest BCUT2D eigenvalue weighted by Crippen LogP contribution is -2.26. The number of nitrogens with one attached hydrogen (secondary N) is 1. The number of anilines is 1. The highest BCUT2D eigenvalue weighted by Crippen LogP contribution is 2.22. The van der Waals surface area contributed by atoms with E-state index in [1.807, 2.05) is 19.0 Å². The van der Waals surface area contributed by atoms with Gasteiger partial charge in [0.25, 0.3) is 0 Å². The van der Waals surface area contributed by atoms with Crippen LogP contribution < -0.4 is 5.32 Å². The third kappa shape index (κ3) is 7.87. The number of hydrogen-bond donors (Lipinski definition) is 1. The van der Waals surface area contributed by atoms with Crippen molar-refractivity contribution in [2.24, 2.45) is 22.2 Å². The zero-order valence-corrected chi connectivity index (χ0v) is 18.4. The van der Waals surface area contributed by atoms with Crippen molar-refractivity contribution in [2.75, 3.05) is 18.9 Å². The lowest BCUT2D eigenvalue weighted by molar-refractivity contribution is 0.286. The molecule has 0 fully saturated rings. The Labute approximate surface area is 168 Å². The van der Waals surface area contributed by atoms with Gasteiger partial charge in [0.05, 0.1) is 11.1 Å². The summed E-state index contributed by atoms with van der Waals surface area (Å²) in [4.78, 5) is 0. The molecule has 0 bridgehead atoms. The summed E-state index contributed by atoms with van der Waals surface area (Å²) in [6.45, 7) is 13.6. The Morgan fingerprint density at radius 1 is 1.30 bits per heavy atom. The SMILES string of the molecule is C/C=C(\C)C(CCN(C)/N=N\[C@@H](C)[C@@H](C)C(C)C)Nc1ccc(F)c(Cl)c1. The Bertz CT molecular complexity index is 645. The van der Waals surface area contributed by atoms with Crippen LogP contribution in [0.3, 0.4) is 0 Å². The minimum atomic E-state index is -0.411. The van der Waals surface area contributed by atoms with E-state index in [2.05, 4.69) is 56.3 Å². The second-order valence-corrected chi connectivity index (χ2v) is 7.98. The van der Waals surface area contributed by atoms with Gasteiger partial charge in [-0.25, -0.2) is 4.39 Å². The van der Waals surface area contributed by atoms with E-state index in [0.717, 1.165) is 18.7 Å². The molecule has 1 aromatic rings. The van der Waals surface area contributed by atoms with Crippen molar-refractivity contribution >= 4 is 17.3 Å². The topological polar surface area (TPSA) is 40.0 Å². The maximum absolute atomic E-state index is 13.4. The molecule has 1 aromatic carbocycles. The smallest absolute Gasteiger partial charge is 0.141 e. The summed E-state index contributed by atoms with van der Waals surface area (Å²) in [6.07, 6.45) is 2.92. The first kappa shape index (κ1) is 23.4. The molecule has 0 saturated carbocycles. The van der Waals surface area contributed by atoms with Crippen LogP contribution in [-0.4, -0.2) is 30.7 Å². The van der Waals surface area contributed by atoms with Gasteiger partial charge in [0, 0.05) is 25.3 Å². The van der Waals surface area contributed by atoms with E-state index in [9.17, 15) is 4.39 Å². The quantitative estimate of drug-likeness (QED) is 0.275. The molecule has 1 unspecified atom stereocenters. The summed E-state index contributed by atoms with van der Waals surface area (Å²) < 4.78 is 13.4. The first-order valence-corrected chi connectivity index (χ1v) is 9.99. The molecule has 6 heteroatoms. The third-order valence-corrected chi connectivity index (χ3v) is 5.50. The second kappa shape index (κ2) is 11.3. The highest BCUT2D eigenvalue weighted by molar-refractivity contribution is 6.31. The van der Waals surface area contributed by atoms with Crippen LogP contribution in [0.15, 0.2) is 40.2 Å². The molecule has 3 atom stereocenters. The maximum atomic E-state index is 13.4. The van der Waals surface area contributed by atoms with E-state index in [4.69, 9.17) is 11.6 Å². The molecule has 0 aromatic heterocycles. The van der Waals surface area contributed by atoms with Crippen LogP contribution in [0.5, 0.6) is 0 Å². The zero-order valence-electron chi connectivity index (χ0n) is 17.6. The standard InChI is InChI=1S/C21H34ClFN4/c1-8-15(4)21(24-18-9-10-20(23)19(22)13-18)11-12-27(7)26-25-17(6)16(5)14(2)3/h8-10,13-14,16-17,21,24H,11-12H2,1-7H3/b15-8+,26-25-/t16-,17-,21?/m0/s1. The van der Waals surface area contributed by atoms with Crippen molar-refractivity contribution in [3.8, 4) is 0 Å². The molecule has 1 rings (SSSR count). The fraction of sp³-hybridized carbons (Fsp3) is 0.619. The first-order valence-electron chi connectivity index (χ1n) is 9.62. The van der Waals surface area contributed by atoms with Gasteiger partial charge >= 0.3 is 0 Å². The largest absolute Gasteiger partial charge is 0.378 e. The van der Waals surface area contributed by atoms with Crippen molar-refractivity contribution in [1.29, 1.82) is 0 Å². The fourth-order valence-corrected chi connectivity index (χ4v) is 2.77. The molecule has 1 N–H and O–H groups in total. The molecule has 0 heterocycles. The molecule has 0 amide bonds. The summed E-state index contributed by atoms with van der Waals surface area (Å²) in [5.41, 5.74) is 2.01. The van der Waals surface area contributed by atoms with E-state index < -0.39 is 5.82 Å². The highest BCUT2D eigenvalue weighted by atomic mass is 35.5. The summed E-state index contributed by atoms with van der Waals surface area (Å²) in [5, 5.41) is 14.2. The van der Waals surface area contributed by atoms with Gasteiger partial charge in [-0.1, -0.05) is 49.2 Å². The molecule has 0 aliphatic rings. The normalized spacial score (nSPS) is 15.9. The zero-order chi connectivity index (χ0) is 20.6. The molecule has 4 nitrogen and oxygen atoms in total. The molecular weight excluding hydrogens is 363 g/mol. The molecule has 0 spiro atoms. The number of halogens is 2. The van der Waals surface area contributed by atoms with Crippen LogP contribution in [-0.2, 0) is 0 Å². The van der Waals surface area contributed by atoms with E-state index >= 15 is 0 Å². The first-order chi connectivity index (χ1) is 12.6. The number of nitrogens with zero attached hydrogens (tertiary/aromatic N) is 3. The van der Waals surface area contributed by atoms with Crippen molar-refractivity contribution in [3.05, 3.63) is 40.7 Å². The van der Waals surface area contributed by atoms with Crippen molar-refractivity contribution < 1.29 is 4.39 Å². The lowest BCUT2D eigenvalue weighted by atomic mass is 9.92. The Balaban J connectivity index is 2.68. The lowest BCUT2D eigenvalue weighted by Gasteiger charge is -2.23. The van der Waals surface area contributed by atoms with Crippen LogP contribution in [0, 0.1) is 17.7 Å². The van der Waals surface area contributed by atoms with E-state index in [1.165, 1.54) is 11.6 Å². The average molecular weight is 397 g/mol. The fourth-order valence-electron chi connectivity index (χ4n) is 2.59. The van der Waals surface area contributed by atoms with Gasteiger partial charge < -0.3 is 5.32 Å². The molecule has 27 heavy (non-hydrogen) atoms. The molecule has 0 aliphatic carbocycles. The molecule has 152 valence electrons. The highest BCUT2D eigenvalue weighted by Gasteiger charge is 2.16. The molecule has 0 radical (unpaired) electrons. The van der Waals surface area contributed by atoms with E-state index in [-0.39, 0.29) is 17.1 Å². The van der Waals surface area contributed by atoms with Gasteiger partial charge in [-0.3, -0.25) is 5.01 Å². The van der Waals surface area contributed by atoms with E-state index in [0.29, 0.717) is 11.8 Å². The third-order valence-electron chi connectivity index (χ3n) is 5.21. The predicted octanol–water partition coefficient (Wildman–Crippen LogP) is 6.60. The number of allylic oxidation sites excluding steroid dienone is 1. The average Bonchev–Trinajstić information content (AvgIpc) is 2.64. The number of benzene rings is 1. The monoisotopic (exact) mass is 396 g/mol. The van der Waals surface area contributed by atoms with Gasteiger partial charge in [0.15, 0.2) is 0 Å². The van der Waals surface area contributed by atoms with Gasteiger partial charge in [-0.05, 0) is 57.2 Å². The Kier molecular flexibility index (Phi) is 9.78. The van der Waals surface area contributed by atoms with Crippen LogP contribution >= 0.6 is 11.6 Å². The van der Waals surface area contributed by atoms with Gasteiger partial charge in [-0.2, -0.15) is 5.11 Å². The van der Waals surface area contributed by atoms with Gasteiger partial charge in [0.2, 0.25) is 0 Å². The van der Waals surface area contributed by atoms with Gasteiger partial charge in [0.1, 0.15) is 5.82 Å². The summed E-state index contributed by atoms with van der Waals surface area (Å²) >= 11 is 5.89. The summed E-state index contributed by atoms with van der Waals surface area (Å²) in [5.74, 6) is 0.661. The number of hydrogen-bond acceptors (Lipinski definition) is 3. The Morgan fingerprint density at radius 2 is 1.96 bits per heavy atom. The Hall–Kier alpha value is -1.62. The number of rotatable bonds is 10. The van der Waals surface area contributed by atoms with E-state index in [1.54, 1.807) is 12.1 Å². The van der Waals surface area contributed by atoms with Crippen LogP contribution in [0.2, 0.25) is 5.02 Å². The minimum Gasteiger partial charge on any atom is -0.378 e. The minimum absolute atomic E-state index is 0.112. The van der Waals surface area contributed by atoms with Crippen LogP contribution in [0.4, 0.5) is 10.1 Å². The molecule has 0 saturated heterocycles.